The van der Waals surface area contributed by atoms with Gasteiger partial charge in [0.25, 0.3) is 0 Å². The molecule has 4 rings (SSSR count). The first kappa shape index (κ1) is 16.3. The van der Waals surface area contributed by atoms with Crippen molar-refractivity contribution in [3.63, 3.8) is 0 Å². The van der Waals surface area contributed by atoms with Gasteiger partial charge in [-0.1, -0.05) is 24.3 Å². The standard InChI is InChI=1S/C18H22BNO3S/c1-16(2)17(3,4)23-19(22-16)13-7-5-6-12(10-13)18(21)9-8-14-15(18)20-11-24-14/h5-7,10-11,21H,8-9H2,1-4H3/t18-/m1/s1. The number of hydrogen-bond donors (Lipinski definition) is 1. The number of aryl methyl sites for hydroxylation is 1. The average molecular weight is 343 g/mol. The Kier molecular flexibility index (Phi) is 3.49. The van der Waals surface area contributed by atoms with Crippen molar-refractivity contribution in [1.82, 2.24) is 4.98 Å². The minimum absolute atomic E-state index is 0.375. The van der Waals surface area contributed by atoms with Gasteiger partial charge in [0.2, 0.25) is 0 Å². The molecule has 0 spiro atoms. The summed E-state index contributed by atoms with van der Waals surface area (Å²) in [5.74, 6) is 0. The highest BCUT2D eigenvalue weighted by Gasteiger charge is 2.52. The summed E-state index contributed by atoms with van der Waals surface area (Å²) in [6.45, 7) is 8.18. The van der Waals surface area contributed by atoms with Gasteiger partial charge in [0, 0.05) is 4.88 Å². The van der Waals surface area contributed by atoms with Crippen LogP contribution < -0.4 is 5.46 Å². The number of thiazole rings is 1. The van der Waals surface area contributed by atoms with Crippen molar-refractivity contribution in [1.29, 1.82) is 0 Å². The van der Waals surface area contributed by atoms with E-state index >= 15 is 0 Å². The zero-order chi connectivity index (χ0) is 17.2. The van der Waals surface area contributed by atoms with Crippen molar-refractivity contribution in [2.45, 2.75) is 57.3 Å². The fourth-order valence-corrected chi connectivity index (χ4v) is 4.24. The number of rotatable bonds is 2. The summed E-state index contributed by atoms with van der Waals surface area (Å²) in [4.78, 5) is 5.58. The molecule has 2 aromatic rings. The van der Waals surface area contributed by atoms with Crippen LogP contribution in [0.4, 0.5) is 0 Å². The minimum Gasteiger partial charge on any atom is -0.399 e. The van der Waals surface area contributed by atoms with E-state index in [-0.39, 0.29) is 11.2 Å². The Morgan fingerprint density at radius 1 is 1.17 bits per heavy atom. The third-order valence-corrected chi connectivity index (χ3v) is 6.53. The van der Waals surface area contributed by atoms with Crippen LogP contribution in [0.2, 0.25) is 0 Å². The number of aliphatic hydroxyl groups is 1. The summed E-state index contributed by atoms with van der Waals surface area (Å²) in [5, 5.41) is 11.2. The van der Waals surface area contributed by atoms with Gasteiger partial charge < -0.3 is 14.4 Å². The molecule has 1 aromatic heterocycles. The van der Waals surface area contributed by atoms with Gasteiger partial charge in [-0.25, -0.2) is 4.98 Å². The van der Waals surface area contributed by atoms with Crippen LogP contribution in [-0.4, -0.2) is 28.4 Å². The molecule has 1 aliphatic heterocycles. The van der Waals surface area contributed by atoms with Crippen molar-refractivity contribution >= 4 is 23.9 Å². The first-order valence-corrected chi connectivity index (χ1v) is 9.22. The third kappa shape index (κ3) is 2.28. The summed E-state index contributed by atoms with van der Waals surface area (Å²) >= 11 is 1.62. The molecule has 1 N–H and O–H groups in total. The highest BCUT2D eigenvalue weighted by molar-refractivity contribution is 7.09. The maximum absolute atomic E-state index is 11.2. The molecule has 1 aliphatic carbocycles. The van der Waals surface area contributed by atoms with Crippen LogP contribution in [0.15, 0.2) is 29.8 Å². The van der Waals surface area contributed by atoms with Gasteiger partial charge in [0.05, 0.1) is 22.4 Å². The first-order chi connectivity index (χ1) is 11.2. The summed E-state index contributed by atoms with van der Waals surface area (Å²) in [6.07, 6.45) is 1.55. The fraction of sp³-hybridized carbons (Fsp3) is 0.500. The normalized spacial score (nSPS) is 27.5. The van der Waals surface area contributed by atoms with Crippen LogP contribution in [0.3, 0.4) is 0 Å². The monoisotopic (exact) mass is 343 g/mol. The molecule has 1 atom stereocenters. The van der Waals surface area contributed by atoms with Gasteiger partial charge in [-0.05, 0) is 51.6 Å². The molecular formula is C18H22BNO3S. The van der Waals surface area contributed by atoms with Crippen LogP contribution >= 0.6 is 11.3 Å². The molecule has 0 radical (unpaired) electrons. The molecule has 2 heterocycles. The second-order valence-corrected chi connectivity index (χ2v) is 8.64. The Balaban J connectivity index is 1.69. The van der Waals surface area contributed by atoms with Crippen LogP contribution in [-0.2, 0) is 21.3 Å². The fourth-order valence-electron chi connectivity index (χ4n) is 3.40. The van der Waals surface area contributed by atoms with E-state index in [9.17, 15) is 5.11 Å². The molecule has 0 bridgehead atoms. The number of benzene rings is 1. The Bertz CT molecular complexity index is 772. The van der Waals surface area contributed by atoms with Gasteiger partial charge in [-0.2, -0.15) is 0 Å². The highest BCUT2D eigenvalue weighted by Crippen LogP contribution is 2.43. The highest BCUT2D eigenvalue weighted by atomic mass is 32.1. The SMILES string of the molecule is CC1(C)OB(c2cccc([C@]3(O)CCc4scnc43)c2)OC1(C)C. The Labute approximate surface area is 147 Å². The van der Waals surface area contributed by atoms with E-state index < -0.39 is 12.7 Å². The van der Waals surface area contributed by atoms with Crippen LogP contribution in [0.25, 0.3) is 0 Å². The lowest BCUT2D eigenvalue weighted by Crippen LogP contribution is -2.41. The zero-order valence-corrected chi connectivity index (χ0v) is 15.3. The zero-order valence-electron chi connectivity index (χ0n) is 14.5. The quantitative estimate of drug-likeness (QED) is 0.852. The average Bonchev–Trinajstić information content (AvgIpc) is 3.16. The lowest BCUT2D eigenvalue weighted by atomic mass is 9.76. The lowest BCUT2D eigenvalue weighted by Gasteiger charge is -2.32. The van der Waals surface area contributed by atoms with Crippen LogP contribution in [0, 0.1) is 0 Å². The Morgan fingerprint density at radius 3 is 2.58 bits per heavy atom. The van der Waals surface area contributed by atoms with Gasteiger partial charge in [-0.15, -0.1) is 11.3 Å². The van der Waals surface area contributed by atoms with Gasteiger partial charge in [-0.3, -0.25) is 0 Å². The van der Waals surface area contributed by atoms with E-state index in [0.29, 0.717) is 6.42 Å². The van der Waals surface area contributed by atoms with Crippen molar-refractivity contribution in [3.8, 4) is 0 Å². The maximum atomic E-state index is 11.2. The summed E-state index contributed by atoms with van der Waals surface area (Å²) in [7, 11) is -0.421. The van der Waals surface area contributed by atoms with E-state index in [0.717, 1.165) is 23.1 Å². The second kappa shape index (κ2) is 5.15. The second-order valence-electron chi connectivity index (χ2n) is 7.70. The smallest absolute Gasteiger partial charge is 0.399 e. The minimum atomic E-state index is -1.00. The van der Waals surface area contributed by atoms with Gasteiger partial charge >= 0.3 is 7.12 Å². The number of fused-ring (bicyclic) bond motifs is 1. The summed E-state index contributed by atoms with van der Waals surface area (Å²) in [5.41, 5.74) is 2.66. The molecule has 0 saturated carbocycles. The van der Waals surface area contributed by atoms with Gasteiger partial charge in [0.1, 0.15) is 5.60 Å². The number of nitrogens with zero attached hydrogens (tertiary/aromatic N) is 1. The van der Waals surface area contributed by atoms with E-state index in [1.165, 1.54) is 4.88 Å². The van der Waals surface area contributed by atoms with Crippen molar-refractivity contribution < 1.29 is 14.4 Å². The predicted molar refractivity (Wildman–Crippen MR) is 95.6 cm³/mol. The van der Waals surface area contributed by atoms with Gasteiger partial charge in [0.15, 0.2) is 0 Å². The molecule has 126 valence electrons. The molecule has 4 nitrogen and oxygen atoms in total. The van der Waals surface area contributed by atoms with E-state index in [1.54, 1.807) is 11.3 Å². The van der Waals surface area contributed by atoms with Crippen LogP contribution in [0.5, 0.6) is 0 Å². The molecule has 1 fully saturated rings. The number of hydrogen-bond acceptors (Lipinski definition) is 5. The molecule has 24 heavy (non-hydrogen) atoms. The summed E-state index contributed by atoms with van der Waals surface area (Å²) < 4.78 is 12.3. The van der Waals surface area contributed by atoms with Crippen molar-refractivity contribution in [2.24, 2.45) is 0 Å². The molecule has 1 saturated heterocycles. The molecule has 6 heteroatoms. The van der Waals surface area contributed by atoms with Crippen molar-refractivity contribution in [2.75, 3.05) is 0 Å². The third-order valence-electron chi connectivity index (χ3n) is 5.64. The Hall–Kier alpha value is -1.21. The molecule has 1 aromatic carbocycles. The Morgan fingerprint density at radius 2 is 1.88 bits per heavy atom. The van der Waals surface area contributed by atoms with E-state index in [4.69, 9.17) is 9.31 Å². The molecular weight excluding hydrogens is 321 g/mol. The first-order valence-electron chi connectivity index (χ1n) is 8.34. The topological polar surface area (TPSA) is 51.6 Å². The molecule has 2 aliphatic rings. The lowest BCUT2D eigenvalue weighted by molar-refractivity contribution is 0.00578. The van der Waals surface area contributed by atoms with Crippen molar-refractivity contribution in [3.05, 3.63) is 45.9 Å². The summed E-state index contributed by atoms with van der Waals surface area (Å²) in [6, 6.07) is 7.91. The van der Waals surface area contributed by atoms with E-state index in [1.807, 2.05) is 57.5 Å². The van der Waals surface area contributed by atoms with E-state index in [2.05, 4.69) is 4.98 Å². The maximum Gasteiger partial charge on any atom is 0.494 e. The number of aromatic nitrogens is 1. The molecule has 0 amide bonds. The van der Waals surface area contributed by atoms with Crippen LogP contribution in [0.1, 0.15) is 50.3 Å². The predicted octanol–water partition coefficient (Wildman–Crippen LogP) is 2.62. The molecule has 0 unspecified atom stereocenters. The largest absolute Gasteiger partial charge is 0.494 e.